The molecule has 4 heteroatoms. The van der Waals surface area contributed by atoms with Crippen molar-refractivity contribution in [1.82, 2.24) is 10.2 Å². The Bertz CT molecular complexity index is 385. The number of likely N-dealkylation sites (tertiary alicyclic amines) is 1. The van der Waals surface area contributed by atoms with Gasteiger partial charge in [-0.15, -0.1) is 0 Å². The Morgan fingerprint density at radius 3 is 2.59 bits per heavy atom. The number of nitrogens with zero attached hydrogens (tertiary/aromatic N) is 1. The van der Waals surface area contributed by atoms with Crippen LogP contribution in [0.3, 0.4) is 0 Å². The first-order chi connectivity index (χ1) is 10.3. The van der Waals surface area contributed by atoms with E-state index in [1.54, 1.807) is 0 Å². The van der Waals surface area contributed by atoms with Crippen LogP contribution in [0, 0.1) is 5.92 Å². The number of piperidine rings is 1. The Kier molecular flexibility index (Phi) is 5.41. The molecular weight excluding hydrogens is 276 g/mol. The van der Waals surface area contributed by atoms with Gasteiger partial charge in [0.05, 0.1) is 0 Å². The van der Waals surface area contributed by atoms with Crippen molar-refractivity contribution >= 4 is 6.09 Å². The highest BCUT2D eigenvalue weighted by molar-refractivity contribution is 5.69. The molecule has 2 rings (SSSR count). The Hall–Kier alpha value is -0.770. The standard InChI is InChI=1S/C18H34N2O2/c1-6-14(2)13-19-15-8-11-20(16(21)22-17(3,4)5)18(12-15)9-7-10-18/h14-15,19H,6-13H2,1-5H3. The first kappa shape index (κ1) is 17.6. The number of amides is 1. The van der Waals surface area contributed by atoms with Crippen LogP contribution >= 0.6 is 0 Å². The fourth-order valence-electron chi connectivity index (χ4n) is 3.54. The summed E-state index contributed by atoms with van der Waals surface area (Å²) < 4.78 is 5.63. The Balaban J connectivity index is 1.94. The van der Waals surface area contributed by atoms with E-state index < -0.39 is 5.60 Å². The smallest absolute Gasteiger partial charge is 0.410 e. The molecule has 0 aromatic rings. The van der Waals surface area contributed by atoms with Gasteiger partial charge < -0.3 is 15.0 Å². The van der Waals surface area contributed by atoms with Crippen molar-refractivity contribution in [3.8, 4) is 0 Å². The van der Waals surface area contributed by atoms with Gasteiger partial charge in [-0.25, -0.2) is 4.79 Å². The van der Waals surface area contributed by atoms with Crippen molar-refractivity contribution < 1.29 is 9.53 Å². The molecule has 0 bridgehead atoms. The summed E-state index contributed by atoms with van der Waals surface area (Å²) in [6.45, 7) is 12.3. The van der Waals surface area contributed by atoms with E-state index in [9.17, 15) is 4.79 Å². The number of nitrogens with one attached hydrogen (secondary N) is 1. The van der Waals surface area contributed by atoms with Crippen LogP contribution in [0.25, 0.3) is 0 Å². The van der Waals surface area contributed by atoms with Crippen molar-refractivity contribution in [3.05, 3.63) is 0 Å². The van der Waals surface area contributed by atoms with E-state index in [1.807, 2.05) is 25.7 Å². The molecule has 1 N–H and O–H groups in total. The molecule has 1 spiro atoms. The summed E-state index contributed by atoms with van der Waals surface area (Å²) in [4.78, 5) is 14.6. The molecule has 0 aromatic carbocycles. The highest BCUT2D eigenvalue weighted by Gasteiger charge is 2.49. The largest absolute Gasteiger partial charge is 0.444 e. The molecule has 1 heterocycles. The van der Waals surface area contributed by atoms with Gasteiger partial charge in [-0.1, -0.05) is 20.3 Å². The van der Waals surface area contributed by atoms with Gasteiger partial charge in [0.15, 0.2) is 0 Å². The topological polar surface area (TPSA) is 41.6 Å². The van der Waals surface area contributed by atoms with Crippen LogP contribution in [0.2, 0.25) is 0 Å². The minimum atomic E-state index is -0.409. The number of hydrogen-bond donors (Lipinski definition) is 1. The molecule has 0 radical (unpaired) electrons. The van der Waals surface area contributed by atoms with Gasteiger partial charge in [-0.2, -0.15) is 0 Å². The maximum Gasteiger partial charge on any atom is 0.410 e. The molecular formula is C18H34N2O2. The summed E-state index contributed by atoms with van der Waals surface area (Å²) in [7, 11) is 0. The number of ether oxygens (including phenoxy) is 1. The summed E-state index contributed by atoms with van der Waals surface area (Å²) in [6, 6.07) is 0.549. The van der Waals surface area contributed by atoms with Crippen LogP contribution in [0.5, 0.6) is 0 Å². The van der Waals surface area contributed by atoms with Crippen LogP contribution in [-0.2, 0) is 4.74 Å². The maximum atomic E-state index is 12.5. The fourth-order valence-corrected chi connectivity index (χ4v) is 3.54. The third-order valence-electron chi connectivity index (χ3n) is 5.25. The molecule has 0 aromatic heterocycles. The van der Waals surface area contributed by atoms with E-state index in [4.69, 9.17) is 4.74 Å². The quantitative estimate of drug-likeness (QED) is 0.855. The number of carbonyl (C=O) groups excluding carboxylic acids is 1. The van der Waals surface area contributed by atoms with Gasteiger partial charge >= 0.3 is 6.09 Å². The minimum absolute atomic E-state index is 0.0632. The van der Waals surface area contributed by atoms with Gasteiger partial charge in [0, 0.05) is 18.1 Å². The predicted molar refractivity (Wildman–Crippen MR) is 90.0 cm³/mol. The lowest BCUT2D eigenvalue weighted by atomic mass is 9.69. The van der Waals surface area contributed by atoms with E-state index >= 15 is 0 Å². The molecule has 128 valence electrons. The lowest BCUT2D eigenvalue weighted by Crippen LogP contribution is -2.63. The van der Waals surface area contributed by atoms with Crippen molar-refractivity contribution in [3.63, 3.8) is 0 Å². The van der Waals surface area contributed by atoms with Crippen molar-refractivity contribution in [1.29, 1.82) is 0 Å². The zero-order valence-corrected chi connectivity index (χ0v) is 15.1. The lowest BCUT2D eigenvalue weighted by molar-refractivity contribution is -0.0494. The second-order valence-electron chi connectivity index (χ2n) is 8.32. The third kappa shape index (κ3) is 4.15. The summed E-state index contributed by atoms with van der Waals surface area (Å²) >= 11 is 0. The lowest BCUT2D eigenvalue weighted by Gasteiger charge is -2.55. The van der Waals surface area contributed by atoms with Crippen molar-refractivity contribution in [2.45, 2.75) is 90.3 Å². The van der Waals surface area contributed by atoms with E-state index in [-0.39, 0.29) is 11.6 Å². The molecule has 1 aliphatic heterocycles. The Morgan fingerprint density at radius 1 is 1.41 bits per heavy atom. The van der Waals surface area contributed by atoms with E-state index in [0.29, 0.717) is 6.04 Å². The van der Waals surface area contributed by atoms with Crippen LogP contribution < -0.4 is 5.32 Å². The molecule has 4 nitrogen and oxygen atoms in total. The van der Waals surface area contributed by atoms with Gasteiger partial charge in [-0.05, 0) is 65.3 Å². The average molecular weight is 310 g/mol. The maximum absolute atomic E-state index is 12.5. The minimum Gasteiger partial charge on any atom is -0.444 e. The van der Waals surface area contributed by atoms with Gasteiger partial charge in [0.25, 0.3) is 0 Å². The number of carbonyl (C=O) groups is 1. The summed E-state index contributed by atoms with van der Waals surface area (Å²) in [6.07, 6.45) is 6.72. The van der Waals surface area contributed by atoms with E-state index in [0.717, 1.165) is 44.7 Å². The first-order valence-corrected chi connectivity index (χ1v) is 9.00. The zero-order chi connectivity index (χ0) is 16.4. The monoisotopic (exact) mass is 310 g/mol. The number of hydrogen-bond acceptors (Lipinski definition) is 3. The number of rotatable bonds is 4. The van der Waals surface area contributed by atoms with Crippen molar-refractivity contribution in [2.24, 2.45) is 5.92 Å². The fraction of sp³-hybridized carbons (Fsp3) is 0.944. The third-order valence-corrected chi connectivity index (χ3v) is 5.25. The van der Waals surface area contributed by atoms with E-state index in [2.05, 4.69) is 19.2 Å². The molecule has 1 saturated heterocycles. The molecule has 22 heavy (non-hydrogen) atoms. The normalized spacial score (nSPS) is 25.7. The molecule has 1 saturated carbocycles. The first-order valence-electron chi connectivity index (χ1n) is 9.00. The Morgan fingerprint density at radius 2 is 2.09 bits per heavy atom. The molecule has 1 aliphatic carbocycles. The highest BCUT2D eigenvalue weighted by Crippen LogP contribution is 2.45. The molecule has 2 atom stereocenters. The van der Waals surface area contributed by atoms with Crippen LogP contribution in [0.4, 0.5) is 4.79 Å². The van der Waals surface area contributed by atoms with Crippen LogP contribution in [0.15, 0.2) is 0 Å². The average Bonchev–Trinajstić information content (AvgIpc) is 2.40. The SMILES string of the molecule is CCC(C)CNC1CCN(C(=O)OC(C)(C)C)C2(CCC2)C1. The van der Waals surface area contributed by atoms with Gasteiger partial charge in [0.2, 0.25) is 0 Å². The second kappa shape index (κ2) is 6.77. The van der Waals surface area contributed by atoms with Crippen LogP contribution in [0.1, 0.15) is 73.1 Å². The summed E-state index contributed by atoms with van der Waals surface area (Å²) in [5, 5.41) is 3.72. The second-order valence-corrected chi connectivity index (χ2v) is 8.32. The predicted octanol–water partition coefficient (Wildman–Crippen LogP) is 3.94. The summed E-state index contributed by atoms with van der Waals surface area (Å²) in [5.41, 5.74) is -0.346. The molecule has 2 fully saturated rings. The van der Waals surface area contributed by atoms with Crippen LogP contribution in [-0.4, -0.2) is 41.3 Å². The zero-order valence-electron chi connectivity index (χ0n) is 15.1. The molecule has 1 amide bonds. The highest BCUT2D eigenvalue weighted by atomic mass is 16.6. The van der Waals surface area contributed by atoms with E-state index in [1.165, 1.54) is 12.8 Å². The molecule has 2 aliphatic rings. The van der Waals surface area contributed by atoms with Gasteiger partial charge in [-0.3, -0.25) is 0 Å². The molecule has 2 unspecified atom stereocenters. The summed E-state index contributed by atoms with van der Waals surface area (Å²) in [5.74, 6) is 0.723. The Labute approximate surface area is 136 Å². The van der Waals surface area contributed by atoms with Crippen molar-refractivity contribution in [2.75, 3.05) is 13.1 Å². The van der Waals surface area contributed by atoms with Gasteiger partial charge in [0.1, 0.15) is 5.60 Å².